The Balaban J connectivity index is 1.31. The minimum absolute atomic E-state index is 0.0860. The molecule has 0 radical (unpaired) electrons. The number of thioether (sulfide) groups is 1. The first-order valence-corrected chi connectivity index (χ1v) is 11.8. The van der Waals surface area contributed by atoms with Crippen molar-refractivity contribution in [2.24, 2.45) is 0 Å². The summed E-state index contributed by atoms with van der Waals surface area (Å²) in [5.74, 6) is 0.286. The molecule has 4 rings (SSSR count). The van der Waals surface area contributed by atoms with Gasteiger partial charge < -0.3 is 13.7 Å². The summed E-state index contributed by atoms with van der Waals surface area (Å²) >= 11 is 1.12. The van der Waals surface area contributed by atoms with Crippen LogP contribution >= 0.6 is 11.8 Å². The van der Waals surface area contributed by atoms with E-state index in [0.29, 0.717) is 17.2 Å². The summed E-state index contributed by atoms with van der Waals surface area (Å²) < 4.78 is 50.8. The van der Waals surface area contributed by atoms with Crippen molar-refractivity contribution in [3.8, 4) is 11.5 Å². The summed E-state index contributed by atoms with van der Waals surface area (Å²) in [4.78, 5) is 14.0. The molecule has 0 N–H and O–H groups in total. The predicted molar refractivity (Wildman–Crippen MR) is 109 cm³/mol. The van der Waals surface area contributed by atoms with E-state index in [1.54, 1.807) is 17.9 Å². The van der Waals surface area contributed by atoms with Crippen LogP contribution in [0, 0.1) is 12.7 Å². The Kier molecular flexibility index (Phi) is 6.12. The van der Waals surface area contributed by atoms with E-state index in [4.69, 9.17) is 8.83 Å². The van der Waals surface area contributed by atoms with E-state index >= 15 is 0 Å². The predicted octanol–water partition coefficient (Wildman–Crippen LogP) is 2.40. The maximum Gasteiger partial charge on any atom is 0.277 e. The SMILES string of the molecule is Cc1occc1-c1nnc(SCC(=O)N2CCN(S(=O)(=O)c3cccc(F)c3)CC2)o1. The second-order valence-electron chi connectivity index (χ2n) is 6.79. The molecule has 3 heterocycles. The van der Waals surface area contributed by atoms with Crippen molar-refractivity contribution >= 4 is 27.7 Å². The summed E-state index contributed by atoms with van der Waals surface area (Å²) in [6.45, 7) is 2.55. The van der Waals surface area contributed by atoms with E-state index < -0.39 is 15.8 Å². The molecule has 12 heteroatoms. The molecule has 1 amide bonds. The lowest BCUT2D eigenvalue weighted by atomic mass is 10.3. The molecule has 0 spiro atoms. The summed E-state index contributed by atoms with van der Waals surface area (Å²) in [6, 6.07) is 6.62. The van der Waals surface area contributed by atoms with Gasteiger partial charge in [0.25, 0.3) is 11.1 Å². The van der Waals surface area contributed by atoms with Crippen LogP contribution in [-0.4, -0.2) is 65.7 Å². The van der Waals surface area contributed by atoms with Crippen LogP contribution in [0.2, 0.25) is 0 Å². The molecule has 0 saturated carbocycles. The first kappa shape index (κ1) is 21.5. The van der Waals surface area contributed by atoms with Crippen molar-refractivity contribution in [3.63, 3.8) is 0 Å². The highest BCUT2D eigenvalue weighted by atomic mass is 32.2. The second-order valence-corrected chi connectivity index (χ2v) is 9.66. The van der Waals surface area contributed by atoms with Gasteiger partial charge in [0.2, 0.25) is 15.9 Å². The zero-order valence-corrected chi connectivity index (χ0v) is 18.2. The Morgan fingerprint density at radius 1 is 1.19 bits per heavy atom. The lowest BCUT2D eigenvalue weighted by molar-refractivity contribution is -0.129. The molecule has 31 heavy (non-hydrogen) atoms. The van der Waals surface area contributed by atoms with Gasteiger partial charge in [-0.25, -0.2) is 12.8 Å². The molecular weight excluding hydrogens is 447 g/mol. The molecule has 9 nitrogen and oxygen atoms in total. The second kappa shape index (κ2) is 8.81. The third-order valence-corrected chi connectivity index (χ3v) is 7.54. The van der Waals surface area contributed by atoms with Gasteiger partial charge in [0, 0.05) is 26.2 Å². The fraction of sp³-hybridized carbons (Fsp3) is 0.316. The Hall–Kier alpha value is -2.70. The smallest absolute Gasteiger partial charge is 0.277 e. The zero-order chi connectivity index (χ0) is 22.0. The summed E-state index contributed by atoms with van der Waals surface area (Å²) in [6.07, 6.45) is 1.53. The van der Waals surface area contributed by atoms with Crippen molar-refractivity contribution in [2.75, 3.05) is 31.9 Å². The van der Waals surface area contributed by atoms with Gasteiger partial charge in [-0.2, -0.15) is 4.31 Å². The first-order chi connectivity index (χ1) is 14.8. The van der Waals surface area contributed by atoms with Crippen LogP contribution in [0.4, 0.5) is 4.39 Å². The highest BCUT2D eigenvalue weighted by molar-refractivity contribution is 7.99. The number of rotatable bonds is 6. The molecule has 1 fully saturated rings. The van der Waals surface area contributed by atoms with E-state index in [-0.39, 0.29) is 48.0 Å². The van der Waals surface area contributed by atoms with Gasteiger partial charge in [0.1, 0.15) is 11.6 Å². The number of amides is 1. The molecule has 0 bridgehead atoms. The normalized spacial score (nSPS) is 15.4. The number of hydrogen-bond acceptors (Lipinski definition) is 8. The molecule has 1 aromatic carbocycles. The molecule has 1 saturated heterocycles. The molecule has 164 valence electrons. The molecular formula is C19H19FN4O5S2. The quantitative estimate of drug-likeness (QED) is 0.510. The zero-order valence-electron chi connectivity index (χ0n) is 16.5. The van der Waals surface area contributed by atoms with Crippen molar-refractivity contribution in [1.29, 1.82) is 0 Å². The minimum Gasteiger partial charge on any atom is -0.469 e. The number of piperazine rings is 1. The van der Waals surface area contributed by atoms with Gasteiger partial charge in [-0.05, 0) is 31.2 Å². The standard InChI is InChI=1S/C19H19FN4O5S2/c1-13-16(5-10-28-13)18-21-22-19(29-18)30-12-17(25)23-6-8-24(9-7-23)31(26,27)15-4-2-3-14(20)11-15/h2-5,10-11H,6-9,12H2,1H3. The van der Waals surface area contributed by atoms with Gasteiger partial charge in [0.05, 0.1) is 22.5 Å². The molecule has 0 unspecified atom stereocenters. The van der Waals surface area contributed by atoms with Gasteiger partial charge in [0.15, 0.2) is 0 Å². The minimum atomic E-state index is -3.80. The molecule has 1 aliphatic rings. The molecule has 2 aromatic heterocycles. The van der Waals surface area contributed by atoms with Crippen LogP contribution in [0.15, 0.2) is 55.5 Å². The molecule has 1 aliphatic heterocycles. The lowest BCUT2D eigenvalue weighted by Crippen LogP contribution is -2.50. The number of furan rings is 1. The number of nitrogens with zero attached hydrogens (tertiary/aromatic N) is 4. The van der Waals surface area contributed by atoms with Gasteiger partial charge in [-0.15, -0.1) is 10.2 Å². The van der Waals surface area contributed by atoms with E-state index in [1.165, 1.54) is 28.8 Å². The number of hydrogen-bond donors (Lipinski definition) is 0. The number of benzene rings is 1. The van der Waals surface area contributed by atoms with E-state index in [1.807, 2.05) is 0 Å². The summed E-state index contributed by atoms with van der Waals surface area (Å²) in [5.41, 5.74) is 0.696. The number of aromatic nitrogens is 2. The Labute approximate surface area is 182 Å². The Morgan fingerprint density at radius 3 is 2.65 bits per heavy atom. The average molecular weight is 467 g/mol. The molecule has 3 aromatic rings. The van der Waals surface area contributed by atoms with Crippen molar-refractivity contribution < 1.29 is 26.4 Å². The fourth-order valence-electron chi connectivity index (χ4n) is 3.15. The number of carbonyl (C=O) groups excluding carboxylic acids is 1. The van der Waals surface area contributed by atoms with Gasteiger partial charge >= 0.3 is 0 Å². The van der Waals surface area contributed by atoms with Crippen LogP contribution < -0.4 is 0 Å². The maximum atomic E-state index is 13.4. The summed E-state index contributed by atoms with van der Waals surface area (Å²) in [7, 11) is -3.80. The first-order valence-electron chi connectivity index (χ1n) is 9.39. The van der Waals surface area contributed by atoms with E-state index in [2.05, 4.69) is 10.2 Å². The maximum absolute atomic E-state index is 13.4. The number of halogens is 1. The average Bonchev–Trinajstić information content (AvgIpc) is 3.40. The highest BCUT2D eigenvalue weighted by Gasteiger charge is 2.30. The van der Waals surface area contributed by atoms with Crippen LogP contribution in [0.25, 0.3) is 11.5 Å². The fourth-order valence-corrected chi connectivity index (χ4v) is 5.27. The number of aryl methyl sites for hydroxylation is 1. The Bertz CT molecular complexity index is 1190. The number of carbonyl (C=O) groups is 1. The van der Waals surface area contributed by atoms with Crippen molar-refractivity contribution in [3.05, 3.63) is 48.2 Å². The van der Waals surface area contributed by atoms with Crippen molar-refractivity contribution in [1.82, 2.24) is 19.4 Å². The monoisotopic (exact) mass is 466 g/mol. The van der Waals surface area contributed by atoms with Crippen LogP contribution in [0.1, 0.15) is 5.76 Å². The third-order valence-electron chi connectivity index (χ3n) is 4.84. The molecule has 0 aliphatic carbocycles. The van der Waals surface area contributed by atoms with Crippen LogP contribution in [-0.2, 0) is 14.8 Å². The third kappa shape index (κ3) is 4.65. The van der Waals surface area contributed by atoms with Crippen molar-refractivity contribution in [2.45, 2.75) is 17.0 Å². The summed E-state index contributed by atoms with van der Waals surface area (Å²) in [5, 5.41) is 8.15. The lowest BCUT2D eigenvalue weighted by Gasteiger charge is -2.33. The largest absolute Gasteiger partial charge is 0.469 e. The Morgan fingerprint density at radius 2 is 1.97 bits per heavy atom. The van der Waals surface area contributed by atoms with Gasteiger partial charge in [-0.1, -0.05) is 17.8 Å². The van der Waals surface area contributed by atoms with E-state index in [9.17, 15) is 17.6 Å². The number of sulfonamides is 1. The van der Waals surface area contributed by atoms with Crippen LogP contribution in [0.3, 0.4) is 0 Å². The van der Waals surface area contributed by atoms with Gasteiger partial charge in [-0.3, -0.25) is 4.79 Å². The van der Waals surface area contributed by atoms with Crippen LogP contribution in [0.5, 0.6) is 0 Å². The highest BCUT2D eigenvalue weighted by Crippen LogP contribution is 2.26. The van der Waals surface area contributed by atoms with E-state index in [0.717, 1.165) is 17.8 Å². The molecule has 0 atom stereocenters. The topological polar surface area (TPSA) is 110 Å².